The summed E-state index contributed by atoms with van der Waals surface area (Å²) in [5, 5.41) is 13.9. The number of ether oxygens (including phenoxy) is 1. The number of nitrogens with one attached hydrogen (secondary N) is 1. The lowest BCUT2D eigenvalue weighted by atomic mass is 10.0. The number of carbonyl (C=O) groups is 1. The predicted molar refractivity (Wildman–Crippen MR) is 202 cm³/mol. The molecule has 0 aromatic heterocycles. The van der Waals surface area contributed by atoms with Gasteiger partial charge in [0.25, 0.3) is 0 Å². The summed E-state index contributed by atoms with van der Waals surface area (Å²) in [7, 11) is 0. The molecule has 0 heterocycles. The van der Waals surface area contributed by atoms with Crippen molar-refractivity contribution in [2.24, 2.45) is 0 Å². The fourth-order valence-electron chi connectivity index (χ4n) is 6.25. The second-order valence-corrected chi connectivity index (χ2v) is 14.0. The van der Waals surface area contributed by atoms with Crippen LogP contribution in [0.15, 0.2) is 12.2 Å². The molecule has 5 nitrogen and oxygen atoms in total. The maximum absolute atomic E-state index is 12.0. The highest BCUT2D eigenvalue weighted by Gasteiger charge is 2.11. The van der Waals surface area contributed by atoms with Crippen LogP contribution in [0, 0.1) is 0 Å². The zero-order valence-corrected chi connectivity index (χ0v) is 31.5. The molecule has 0 spiro atoms. The Morgan fingerprint density at radius 1 is 0.587 bits per heavy atom. The molecule has 0 saturated carbocycles. The molecule has 0 saturated heterocycles. The minimum atomic E-state index is -0.394. The highest BCUT2D eigenvalue weighted by molar-refractivity contribution is 5.81. The van der Waals surface area contributed by atoms with Gasteiger partial charge in [-0.3, -0.25) is 0 Å². The fraction of sp³-hybridized carbons (Fsp3) is 0.927. The van der Waals surface area contributed by atoms with E-state index >= 15 is 0 Å². The van der Waals surface area contributed by atoms with E-state index in [1.165, 1.54) is 173 Å². The molecule has 0 radical (unpaired) electrons. The van der Waals surface area contributed by atoms with Crippen LogP contribution in [0.5, 0.6) is 0 Å². The number of hydrogen-bond donors (Lipinski definition) is 2. The molecule has 2 N–H and O–H groups in total. The van der Waals surface area contributed by atoms with Gasteiger partial charge in [-0.05, 0) is 32.4 Å². The first-order chi connectivity index (χ1) is 22.6. The Morgan fingerprint density at radius 3 is 1.41 bits per heavy atom. The van der Waals surface area contributed by atoms with Gasteiger partial charge < -0.3 is 20.1 Å². The van der Waals surface area contributed by atoms with E-state index < -0.39 is 6.10 Å². The number of unbranched alkanes of at least 4 members (excludes halogenated alkanes) is 25. The van der Waals surface area contributed by atoms with E-state index in [2.05, 4.69) is 31.0 Å². The van der Waals surface area contributed by atoms with Gasteiger partial charge in [-0.1, -0.05) is 187 Å². The molecule has 5 heteroatoms. The molecule has 46 heavy (non-hydrogen) atoms. The van der Waals surface area contributed by atoms with E-state index in [1.54, 1.807) is 0 Å². The SMILES string of the molecule is CCCCCCCCCCCCCCCOC(=O)/C=C/CNCC(O)CN(CCCCC)CCCCCCCCCCCCCC. The van der Waals surface area contributed by atoms with Gasteiger partial charge in [0.05, 0.1) is 12.7 Å². The van der Waals surface area contributed by atoms with Crippen LogP contribution >= 0.6 is 0 Å². The lowest BCUT2D eigenvalue weighted by Gasteiger charge is -2.25. The lowest BCUT2D eigenvalue weighted by molar-refractivity contribution is -0.137. The highest BCUT2D eigenvalue weighted by Crippen LogP contribution is 2.14. The third-order valence-corrected chi connectivity index (χ3v) is 9.26. The van der Waals surface area contributed by atoms with Crippen molar-refractivity contribution in [2.75, 3.05) is 39.3 Å². The molecular weight excluding hydrogens is 568 g/mol. The highest BCUT2D eigenvalue weighted by atomic mass is 16.5. The van der Waals surface area contributed by atoms with Crippen molar-refractivity contribution in [3.63, 3.8) is 0 Å². The average Bonchev–Trinajstić information content (AvgIpc) is 3.05. The van der Waals surface area contributed by atoms with Crippen LogP contribution in [0.4, 0.5) is 0 Å². The third-order valence-electron chi connectivity index (χ3n) is 9.26. The molecule has 0 aliphatic carbocycles. The Hall–Kier alpha value is -0.910. The van der Waals surface area contributed by atoms with E-state index in [1.807, 2.05) is 6.08 Å². The molecule has 0 bridgehead atoms. The normalized spacial score (nSPS) is 12.5. The summed E-state index contributed by atoms with van der Waals surface area (Å²) in [5.74, 6) is -0.259. The smallest absolute Gasteiger partial charge is 0.330 e. The van der Waals surface area contributed by atoms with Gasteiger partial charge in [0.1, 0.15) is 0 Å². The van der Waals surface area contributed by atoms with Crippen molar-refractivity contribution >= 4 is 5.97 Å². The van der Waals surface area contributed by atoms with Gasteiger partial charge >= 0.3 is 5.97 Å². The van der Waals surface area contributed by atoms with E-state index in [0.717, 1.165) is 32.5 Å². The van der Waals surface area contributed by atoms with Crippen molar-refractivity contribution < 1.29 is 14.6 Å². The van der Waals surface area contributed by atoms with Crippen molar-refractivity contribution in [3.8, 4) is 0 Å². The van der Waals surface area contributed by atoms with Crippen LogP contribution in [0.2, 0.25) is 0 Å². The number of hydrogen-bond acceptors (Lipinski definition) is 5. The standard InChI is InChI=1S/C41H82N2O3/c1-4-7-10-12-14-16-18-20-22-24-26-28-31-37-46-41(45)33-32-34-42-38-40(44)39-43(35-29-9-6-3)36-30-27-25-23-21-19-17-15-13-11-8-5-2/h32-33,40,42,44H,4-31,34-39H2,1-3H3/b33-32+. The van der Waals surface area contributed by atoms with E-state index in [4.69, 9.17) is 4.74 Å². The summed E-state index contributed by atoms with van der Waals surface area (Å²) in [6.45, 7) is 11.3. The van der Waals surface area contributed by atoms with Gasteiger partial charge in [0, 0.05) is 25.7 Å². The van der Waals surface area contributed by atoms with Crippen LogP contribution in [-0.2, 0) is 9.53 Å². The number of carbonyl (C=O) groups excluding carboxylic acids is 1. The Bertz CT molecular complexity index is 627. The molecule has 1 unspecified atom stereocenters. The Kier molecular flexibility index (Phi) is 37.8. The minimum Gasteiger partial charge on any atom is -0.463 e. The topological polar surface area (TPSA) is 61.8 Å². The van der Waals surface area contributed by atoms with Crippen molar-refractivity contribution in [1.82, 2.24) is 10.2 Å². The van der Waals surface area contributed by atoms with Crippen LogP contribution < -0.4 is 5.32 Å². The first-order valence-electron chi connectivity index (χ1n) is 20.6. The first-order valence-corrected chi connectivity index (χ1v) is 20.6. The van der Waals surface area contributed by atoms with E-state index in [0.29, 0.717) is 19.7 Å². The Labute approximate surface area is 288 Å². The number of rotatable bonds is 38. The van der Waals surface area contributed by atoms with Gasteiger partial charge in [-0.15, -0.1) is 0 Å². The average molecular weight is 651 g/mol. The summed E-state index contributed by atoms with van der Waals surface area (Å²) < 4.78 is 5.35. The molecule has 0 amide bonds. The number of aliphatic hydroxyl groups is 1. The van der Waals surface area contributed by atoms with Gasteiger partial charge in [-0.2, -0.15) is 0 Å². The number of esters is 1. The molecule has 0 rings (SSSR count). The Balaban J connectivity index is 3.79. The Morgan fingerprint density at radius 2 is 0.957 bits per heavy atom. The lowest BCUT2D eigenvalue weighted by Crippen LogP contribution is -2.39. The van der Waals surface area contributed by atoms with E-state index in [-0.39, 0.29) is 5.97 Å². The molecular formula is C41H82N2O3. The molecule has 0 fully saturated rings. The third kappa shape index (κ3) is 35.9. The number of nitrogens with zero attached hydrogens (tertiary/aromatic N) is 1. The maximum Gasteiger partial charge on any atom is 0.330 e. The summed E-state index contributed by atoms with van der Waals surface area (Å²) >= 11 is 0. The van der Waals surface area contributed by atoms with Crippen LogP contribution in [0.25, 0.3) is 0 Å². The van der Waals surface area contributed by atoms with E-state index in [9.17, 15) is 9.90 Å². The summed E-state index contributed by atoms with van der Waals surface area (Å²) in [6.07, 6.45) is 40.2. The molecule has 0 aliphatic rings. The van der Waals surface area contributed by atoms with Crippen molar-refractivity contribution in [3.05, 3.63) is 12.2 Å². The van der Waals surface area contributed by atoms with Crippen LogP contribution in [0.3, 0.4) is 0 Å². The second kappa shape index (κ2) is 38.5. The van der Waals surface area contributed by atoms with Gasteiger partial charge in [0.2, 0.25) is 0 Å². The molecule has 0 aromatic carbocycles. The van der Waals surface area contributed by atoms with Gasteiger partial charge in [-0.25, -0.2) is 4.79 Å². The first kappa shape index (κ1) is 45.1. The molecule has 1 atom stereocenters. The molecule has 274 valence electrons. The predicted octanol–water partition coefficient (Wildman–Crippen LogP) is 11.3. The summed E-state index contributed by atoms with van der Waals surface area (Å²) in [6, 6.07) is 0. The quantitative estimate of drug-likeness (QED) is 0.0395. The second-order valence-electron chi connectivity index (χ2n) is 14.0. The van der Waals surface area contributed by atoms with Crippen LogP contribution in [-0.4, -0.2) is 61.4 Å². The van der Waals surface area contributed by atoms with Crippen LogP contribution in [0.1, 0.15) is 201 Å². The monoisotopic (exact) mass is 651 g/mol. The fourth-order valence-corrected chi connectivity index (χ4v) is 6.25. The summed E-state index contributed by atoms with van der Waals surface area (Å²) in [5.41, 5.74) is 0. The number of aliphatic hydroxyl groups excluding tert-OH is 1. The zero-order valence-electron chi connectivity index (χ0n) is 31.5. The van der Waals surface area contributed by atoms with Crippen molar-refractivity contribution in [1.29, 1.82) is 0 Å². The zero-order chi connectivity index (χ0) is 33.6. The van der Waals surface area contributed by atoms with Gasteiger partial charge in [0.15, 0.2) is 0 Å². The van der Waals surface area contributed by atoms with Crippen molar-refractivity contribution in [2.45, 2.75) is 207 Å². The molecule has 0 aliphatic heterocycles. The maximum atomic E-state index is 12.0. The minimum absolute atomic E-state index is 0.259. The largest absolute Gasteiger partial charge is 0.463 e. The summed E-state index contributed by atoms with van der Waals surface area (Å²) in [4.78, 5) is 14.5. The molecule has 0 aromatic rings.